The molecule has 0 aliphatic heterocycles. The lowest BCUT2D eigenvalue weighted by molar-refractivity contribution is 0.225. The molecule has 1 atom stereocenters. The Morgan fingerprint density at radius 3 is 2.52 bits per heavy atom. The third-order valence-electron chi connectivity index (χ3n) is 4.40. The highest BCUT2D eigenvalue weighted by atomic mass is 16.3. The maximum absolute atomic E-state index is 10.5. The molecule has 1 aliphatic rings. The van der Waals surface area contributed by atoms with Crippen LogP contribution in [0.3, 0.4) is 0 Å². The molecule has 0 amide bonds. The summed E-state index contributed by atoms with van der Waals surface area (Å²) in [6.07, 6.45) is -0.561. The monoisotopic (exact) mass is 272 g/mol. The molecule has 0 bridgehead atoms. The lowest BCUT2D eigenvalue weighted by Crippen LogP contribution is -1.92. The molecule has 2 nitrogen and oxygen atoms in total. The zero-order valence-electron chi connectivity index (χ0n) is 11.2. The SMILES string of the molecule is OC1c2ccccc2-c2c1ccc1c2oc2ccccc21. The van der Waals surface area contributed by atoms with Gasteiger partial charge in [0.15, 0.2) is 0 Å². The molecule has 0 spiro atoms. The topological polar surface area (TPSA) is 33.4 Å². The normalized spacial score (nSPS) is 16.3. The van der Waals surface area contributed by atoms with E-state index in [1.807, 2.05) is 42.5 Å². The van der Waals surface area contributed by atoms with E-state index in [-0.39, 0.29) is 0 Å². The summed E-state index contributed by atoms with van der Waals surface area (Å²) in [5.74, 6) is 0. The van der Waals surface area contributed by atoms with E-state index < -0.39 is 6.10 Å². The second-order valence-corrected chi connectivity index (χ2v) is 5.49. The first-order valence-corrected chi connectivity index (χ1v) is 7.06. The third kappa shape index (κ3) is 1.30. The summed E-state index contributed by atoms with van der Waals surface area (Å²) in [5.41, 5.74) is 5.76. The van der Waals surface area contributed by atoms with Crippen LogP contribution >= 0.6 is 0 Å². The number of para-hydroxylation sites is 1. The molecule has 0 saturated heterocycles. The summed E-state index contributed by atoms with van der Waals surface area (Å²) in [6.45, 7) is 0. The van der Waals surface area contributed by atoms with Crippen molar-refractivity contribution in [3.8, 4) is 11.1 Å². The van der Waals surface area contributed by atoms with E-state index in [0.717, 1.165) is 44.2 Å². The zero-order chi connectivity index (χ0) is 14.0. The average Bonchev–Trinajstić information content (AvgIpc) is 3.04. The molecule has 100 valence electrons. The second-order valence-electron chi connectivity index (χ2n) is 5.49. The van der Waals surface area contributed by atoms with Crippen LogP contribution in [-0.4, -0.2) is 5.11 Å². The highest BCUT2D eigenvalue weighted by molar-refractivity contribution is 6.11. The molecule has 0 fully saturated rings. The Bertz CT molecular complexity index is 1010. The van der Waals surface area contributed by atoms with Crippen LogP contribution in [-0.2, 0) is 0 Å². The molecule has 2 heteroatoms. The van der Waals surface area contributed by atoms with Gasteiger partial charge >= 0.3 is 0 Å². The average molecular weight is 272 g/mol. The van der Waals surface area contributed by atoms with Crippen LogP contribution < -0.4 is 0 Å². The van der Waals surface area contributed by atoms with Crippen molar-refractivity contribution in [2.75, 3.05) is 0 Å². The third-order valence-corrected chi connectivity index (χ3v) is 4.40. The number of hydrogen-bond acceptors (Lipinski definition) is 2. The minimum absolute atomic E-state index is 0.561. The number of benzene rings is 3. The smallest absolute Gasteiger partial charge is 0.143 e. The molecular weight excluding hydrogens is 260 g/mol. The van der Waals surface area contributed by atoms with Crippen molar-refractivity contribution >= 4 is 21.9 Å². The first kappa shape index (κ1) is 11.1. The first-order valence-electron chi connectivity index (χ1n) is 7.06. The van der Waals surface area contributed by atoms with Gasteiger partial charge in [-0.2, -0.15) is 0 Å². The molecule has 1 heterocycles. The highest BCUT2D eigenvalue weighted by Gasteiger charge is 2.30. The molecule has 0 radical (unpaired) electrons. The standard InChI is InChI=1S/C19H12O2/c20-18-13-7-2-1-6-12(13)17-15(18)10-9-14-11-5-3-4-8-16(11)21-19(14)17/h1-10,18,20H. The maximum Gasteiger partial charge on any atom is 0.143 e. The van der Waals surface area contributed by atoms with E-state index >= 15 is 0 Å². The van der Waals surface area contributed by atoms with Crippen molar-refractivity contribution in [2.45, 2.75) is 6.10 Å². The van der Waals surface area contributed by atoms with E-state index in [9.17, 15) is 5.11 Å². The number of aliphatic hydroxyl groups is 1. The van der Waals surface area contributed by atoms with Crippen molar-refractivity contribution in [3.05, 3.63) is 71.8 Å². The molecule has 1 aliphatic carbocycles. The van der Waals surface area contributed by atoms with E-state index in [4.69, 9.17) is 4.42 Å². The van der Waals surface area contributed by atoms with Crippen molar-refractivity contribution in [3.63, 3.8) is 0 Å². The number of furan rings is 1. The quantitative estimate of drug-likeness (QED) is 0.505. The summed E-state index contributed by atoms with van der Waals surface area (Å²) in [7, 11) is 0. The van der Waals surface area contributed by atoms with E-state index in [1.54, 1.807) is 0 Å². The zero-order valence-corrected chi connectivity index (χ0v) is 11.2. The minimum atomic E-state index is -0.561. The van der Waals surface area contributed by atoms with Gasteiger partial charge in [-0.05, 0) is 22.8 Å². The van der Waals surface area contributed by atoms with Crippen LogP contribution in [0.25, 0.3) is 33.1 Å². The second kappa shape index (κ2) is 3.74. The predicted octanol–water partition coefficient (Wildman–Crippen LogP) is 4.65. The molecule has 4 aromatic rings. The van der Waals surface area contributed by atoms with Crippen LogP contribution in [0.4, 0.5) is 0 Å². The fraction of sp³-hybridized carbons (Fsp3) is 0.0526. The van der Waals surface area contributed by atoms with Crippen LogP contribution in [0, 0.1) is 0 Å². The highest BCUT2D eigenvalue weighted by Crippen LogP contribution is 2.48. The first-order chi connectivity index (χ1) is 10.3. The van der Waals surface area contributed by atoms with Gasteiger partial charge in [-0.25, -0.2) is 0 Å². The fourth-order valence-corrected chi connectivity index (χ4v) is 3.44. The number of rotatable bonds is 0. The number of fused-ring (bicyclic) bond motifs is 7. The Morgan fingerprint density at radius 2 is 1.57 bits per heavy atom. The van der Waals surface area contributed by atoms with Gasteiger partial charge in [-0.3, -0.25) is 0 Å². The van der Waals surface area contributed by atoms with Crippen molar-refractivity contribution in [2.24, 2.45) is 0 Å². The van der Waals surface area contributed by atoms with Crippen LogP contribution in [0.2, 0.25) is 0 Å². The Balaban J connectivity index is 2.00. The molecule has 0 saturated carbocycles. The number of hydrogen-bond donors (Lipinski definition) is 1. The van der Waals surface area contributed by atoms with Gasteiger partial charge in [0.25, 0.3) is 0 Å². The van der Waals surface area contributed by atoms with Crippen LogP contribution in [0.15, 0.2) is 65.1 Å². The molecule has 5 rings (SSSR count). The van der Waals surface area contributed by atoms with Gasteiger partial charge in [0, 0.05) is 16.3 Å². The minimum Gasteiger partial charge on any atom is -0.455 e. The van der Waals surface area contributed by atoms with Gasteiger partial charge < -0.3 is 9.52 Å². The lowest BCUT2D eigenvalue weighted by Gasteiger charge is -2.04. The van der Waals surface area contributed by atoms with Crippen LogP contribution in [0.5, 0.6) is 0 Å². The van der Waals surface area contributed by atoms with Crippen molar-refractivity contribution in [1.82, 2.24) is 0 Å². The molecule has 1 unspecified atom stereocenters. The summed E-state index contributed by atoms with van der Waals surface area (Å²) in [6, 6.07) is 20.1. The summed E-state index contributed by atoms with van der Waals surface area (Å²) in [4.78, 5) is 0. The van der Waals surface area contributed by atoms with Gasteiger partial charge in [-0.1, -0.05) is 54.6 Å². The summed E-state index contributed by atoms with van der Waals surface area (Å²) >= 11 is 0. The van der Waals surface area contributed by atoms with Crippen molar-refractivity contribution in [1.29, 1.82) is 0 Å². The largest absolute Gasteiger partial charge is 0.455 e. The van der Waals surface area contributed by atoms with Gasteiger partial charge in [0.05, 0.1) is 0 Å². The van der Waals surface area contributed by atoms with Gasteiger partial charge in [-0.15, -0.1) is 0 Å². The summed E-state index contributed by atoms with van der Waals surface area (Å²) < 4.78 is 6.09. The molecule has 1 N–H and O–H groups in total. The molecule has 1 aromatic heterocycles. The Kier molecular flexibility index (Phi) is 1.98. The maximum atomic E-state index is 10.5. The van der Waals surface area contributed by atoms with E-state index in [1.165, 1.54) is 0 Å². The van der Waals surface area contributed by atoms with Crippen molar-refractivity contribution < 1.29 is 9.52 Å². The van der Waals surface area contributed by atoms with Gasteiger partial charge in [0.1, 0.15) is 17.3 Å². The van der Waals surface area contributed by atoms with E-state index in [0.29, 0.717) is 0 Å². The number of aliphatic hydroxyl groups excluding tert-OH is 1. The molecule has 21 heavy (non-hydrogen) atoms. The van der Waals surface area contributed by atoms with Gasteiger partial charge in [0.2, 0.25) is 0 Å². The summed E-state index contributed by atoms with van der Waals surface area (Å²) in [5, 5.41) is 12.8. The predicted molar refractivity (Wildman–Crippen MR) is 83.2 cm³/mol. The van der Waals surface area contributed by atoms with E-state index in [2.05, 4.69) is 18.2 Å². The Labute approximate surface area is 121 Å². The van der Waals surface area contributed by atoms with Crippen LogP contribution in [0.1, 0.15) is 17.2 Å². The molecule has 3 aromatic carbocycles. The Morgan fingerprint density at radius 1 is 0.762 bits per heavy atom. The lowest BCUT2D eigenvalue weighted by atomic mass is 10.0. The Hall–Kier alpha value is -2.58. The fourth-order valence-electron chi connectivity index (χ4n) is 3.44. The molecular formula is C19H12O2.